The van der Waals surface area contributed by atoms with Crippen molar-refractivity contribution < 1.29 is 18.4 Å². The molecule has 8 heteroatoms. The van der Waals surface area contributed by atoms with Crippen LogP contribution < -0.4 is 0 Å². The number of aryl methyl sites for hydroxylation is 1. The summed E-state index contributed by atoms with van der Waals surface area (Å²) in [7, 11) is -3.76. The Kier molecular flexibility index (Phi) is 7.46. The molecule has 0 spiro atoms. The summed E-state index contributed by atoms with van der Waals surface area (Å²) in [6.07, 6.45) is 3.01. The van der Waals surface area contributed by atoms with E-state index < -0.39 is 14.9 Å². The summed E-state index contributed by atoms with van der Waals surface area (Å²) in [6, 6.07) is 12.2. The molecule has 0 saturated heterocycles. The number of hydrogen-bond donors (Lipinski definition) is 1. The molecule has 0 aliphatic rings. The van der Waals surface area contributed by atoms with Gasteiger partial charge >= 0.3 is 0 Å². The van der Waals surface area contributed by atoms with Gasteiger partial charge in [0.05, 0.1) is 23.0 Å². The number of rotatable bonds is 7. The first-order valence-electron chi connectivity index (χ1n) is 8.40. The van der Waals surface area contributed by atoms with E-state index >= 15 is 0 Å². The predicted octanol–water partition coefficient (Wildman–Crippen LogP) is 2.49. The summed E-state index contributed by atoms with van der Waals surface area (Å²) < 4.78 is 27.0. The van der Waals surface area contributed by atoms with Gasteiger partial charge in [0, 0.05) is 24.2 Å². The number of nitro groups is 1. The third-order valence-electron chi connectivity index (χ3n) is 3.81. The topological polar surface area (TPSA) is 101 Å². The van der Waals surface area contributed by atoms with Crippen molar-refractivity contribution in [3.8, 4) is 11.8 Å². The van der Waals surface area contributed by atoms with Gasteiger partial charge in [0.2, 0.25) is 10.0 Å². The lowest BCUT2D eigenvalue weighted by Gasteiger charge is -2.18. The Hall–Kier alpha value is -2.99. The van der Waals surface area contributed by atoms with Crippen LogP contribution in [0.3, 0.4) is 0 Å². The van der Waals surface area contributed by atoms with Crippen LogP contribution in [0, 0.1) is 28.9 Å². The minimum atomic E-state index is -3.76. The molecule has 0 aromatic heterocycles. The number of benzene rings is 2. The van der Waals surface area contributed by atoms with E-state index in [1.54, 1.807) is 18.2 Å². The Bertz CT molecular complexity index is 1000. The van der Waals surface area contributed by atoms with Gasteiger partial charge in [-0.25, -0.2) is 8.42 Å². The molecule has 0 fully saturated rings. The summed E-state index contributed by atoms with van der Waals surface area (Å²) in [4.78, 5) is 10.3. The fraction of sp³-hybridized carbons (Fsp3) is 0.200. The van der Waals surface area contributed by atoms with E-state index in [9.17, 15) is 18.5 Å². The van der Waals surface area contributed by atoms with E-state index in [1.165, 1.54) is 46.8 Å². The molecule has 0 aliphatic carbocycles. The van der Waals surface area contributed by atoms with Crippen molar-refractivity contribution in [3.63, 3.8) is 0 Å². The smallest absolute Gasteiger partial charge is 0.269 e. The number of hydrogen-bond acceptors (Lipinski definition) is 5. The molecule has 0 aliphatic heterocycles. The minimum absolute atomic E-state index is 0.0386. The summed E-state index contributed by atoms with van der Waals surface area (Å²) in [5.41, 5.74) is 1.45. The van der Waals surface area contributed by atoms with E-state index in [0.29, 0.717) is 5.56 Å². The largest absolute Gasteiger partial charge is 0.392 e. The minimum Gasteiger partial charge on any atom is -0.392 e. The molecule has 0 atom stereocenters. The Morgan fingerprint density at radius 1 is 1.11 bits per heavy atom. The maximum Gasteiger partial charge on any atom is 0.269 e. The van der Waals surface area contributed by atoms with Gasteiger partial charge in [-0.2, -0.15) is 4.31 Å². The third kappa shape index (κ3) is 5.76. The molecule has 0 unspecified atom stereocenters. The van der Waals surface area contributed by atoms with Gasteiger partial charge in [-0.3, -0.25) is 10.1 Å². The molecule has 0 bridgehead atoms. The summed E-state index contributed by atoms with van der Waals surface area (Å²) in [5.74, 6) is 5.61. The van der Waals surface area contributed by atoms with Crippen LogP contribution in [0.25, 0.3) is 0 Å². The predicted molar refractivity (Wildman–Crippen MR) is 106 cm³/mol. The molecule has 0 amide bonds. The number of aliphatic hydroxyl groups is 1. The first kappa shape index (κ1) is 21.3. The van der Waals surface area contributed by atoms with E-state index in [0.717, 1.165) is 5.56 Å². The number of non-ortho nitro benzene ring substituents is 1. The monoisotopic (exact) mass is 400 g/mol. The van der Waals surface area contributed by atoms with E-state index in [1.807, 2.05) is 6.92 Å². The van der Waals surface area contributed by atoms with Crippen LogP contribution in [0.15, 0.2) is 65.6 Å². The van der Waals surface area contributed by atoms with Crippen LogP contribution in [0.4, 0.5) is 5.69 Å². The highest BCUT2D eigenvalue weighted by Crippen LogP contribution is 2.16. The van der Waals surface area contributed by atoms with Gasteiger partial charge < -0.3 is 5.11 Å². The first-order valence-corrected chi connectivity index (χ1v) is 9.84. The van der Waals surface area contributed by atoms with Gasteiger partial charge in [0.1, 0.15) is 0 Å². The Labute approximate surface area is 164 Å². The molecule has 0 radical (unpaired) electrons. The maximum atomic E-state index is 12.9. The molecular formula is C20H20N2O5S. The van der Waals surface area contributed by atoms with Gasteiger partial charge in [0.25, 0.3) is 5.69 Å². The van der Waals surface area contributed by atoms with Crippen LogP contribution in [-0.4, -0.2) is 42.4 Å². The van der Waals surface area contributed by atoms with Crippen molar-refractivity contribution in [1.29, 1.82) is 0 Å². The number of nitrogens with zero attached hydrogens (tertiary/aromatic N) is 2. The molecule has 2 aromatic carbocycles. The van der Waals surface area contributed by atoms with Crippen LogP contribution in [0.1, 0.15) is 11.1 Å². The van der Waals surface area contributed by atoms with Crippen molar-refractivity contribution in [1.82, 2.24) is 4.31 Å². The second-order valence-corrected chi connectivity index (χ2v) is 7.81. The first-order chi connectivity index (χ1) is 13.3. The highest BCUT2D eigenvalue weighted by molar-refractivity contribution is 7.89. The molecule has 146 valence electrons. The zero-order valence-electron chi connectivity index (χ0n) is 15.3. The maximum absolute atomic E-state index is 12.9. The standard InChI is InChI=1S/C20H20N2O5S/c1-17-6-12-20(13-7-17)28(26,27)21(14-2-3-16-23)15-4-5-18-8-10-19(11-9-18)22(24)25/h2-3,6-13,23H,14-16H2,1H3/b3-2-. The average Bonchev–Trinajstić information content (AvgIpc) is 2.67. The quantitative estimate of drug-likeness (QED) is 0.333. The third-order valence-corrected chi connectivity index (χ3v) is 5.63. The average molecular weight is 400 g/mol. The molecular weight excluding hydrogens is 380 g/mol. The molecule has 7 nitrogen and oxygen atoms in total. The zero-order valence-corrected chi connectivity index (χ0v) is 16.1. The fourth-order valence-electron chi connectivity index (χ4n) is 2.27. The summed E-state index contributed by atoms with van der Waals surface area (Å²) in [5, 5.41) is 19.6. The number of aliphatic hydroxyl groups excluding tert-OH is 1. The van der Waals surface area contributed by atoms with E-state index in [-0.39, 0.29) is 30.3 Å². The van der Waals surface area contributed by atoms with Gasteiger partial charge in [0.15, 0.2) is 0 Å². The highest BCUT2D eigenvalue weighted by atomic mass is 32.2. The zero-order chi connectivity index (χ0) is 20.6. The second kappa shape index (κ2) is 9.80. The highest BCUT2D eigenvalue weighted by Gasteiger charge is 2.22. The lowest BCUT2D eigenvalue weighted by atomic mass is 10.2. The fourth-order valence-corrected chi connectivity index (χ4v) is 3.56. The van der Waals surface area contributed by atoms with Crippen molar-refractivity contribution in [2.75, 3.05) is 19.7 Å². The van der Waals surface area contributed by atoms with Gasteiger partial charge in [-0.05, 0) is 31.2 Å². The molecule has 28 heavy (non-hydrogen) atoms. The molecule has 2 aromatic rings. The van der Waals surface area contributed by atoms with Gasteiger partial charge in [-0.15, -0.1) is 0 Å². The Balaban J connectivity index is 2.23. The molecule has 0 saturated carbocycles. The summed E-state index contributed by atoms with van der Waals surface area (Å²) in [6.45, 7) is 1.68. The molecule has 1 N–H and O–H groups in total. The summed E-state index contributed by atoms with van der Waals surface area (Å²) >= 11 is 0. The van der Waals surface area contributed by atoms with Crippen molar-refractivity contribution in [3.05, 3.63) is 81.9 Å². The van der Waals surface area contributed by atoms with E-state index in [4.69, 9.17) is 5.11 Å². The van der Waals surface area contributed by atoms with Crippen molar-refractivity contribution in [2.24, 2.45) is 0 Å². The van der Waals surface area contributed by atoms with Crippen LogP contribution >= 0.6 is 0 Å². The normalized spacial score (nSPS) is 11.4. The van der Waals surface area contributed by atoms with Crippen LogP contribution in [0.2, 0.25) is 0 Å². The lowest BCUT2D eigenvalue weighted by molar-refractivity contribution is -0.384. The van der Waals surface area contributed by atoms with Gasteiger partial charge in [-0.1, -0.05) is 41.7 Å². The van der Waals surface area contributed by atoms with Crippen LogP contribution in [-0.2, 0) is 10.0 Å². The Morgan fingerprint density at radius 2 is 1.75 bits per heavy atom. The number of sulfonamides is 1. The molecule has 0 heterocycles. The van der Waals surface area contributed by atoms with E-state index in [2.05, 4.69) is 11.8 Å². The lowest BCUT2D eigenvalue weighted by Crippen LogP contribution is -2.31. The van der Waals surface area contributed by atoms with Crippen molar-refractivity contribution in [2.45, 2.75) is 11.8 Å². The van der Waals surface area contributed by atoms with Crippen LogP contribution in [0.5, 0.6) is 0 Å². The van der Waals surface area contributed by atoms with Crippen molar-refractivity contribution >= 4 is 15.7 Å². The SMILES string of the molecule is Cc1ccc(S(=O)(=O)N(CC#Cc2ccc([N+](=O)[O-])cc2)C/C=C\CO)cc1. The number of nitro benzene ring substituents is 1. The molecule has 2 rings (SSSR count). The second-order valence-electron chi connectivity index (χ2n) is 5.87. The Morgan fingerprint density at radius 3 is 2.32 bits per heavy atom.